The Morgan fingerprint density at radius 3 is 2.83 bits per heavy atom. The van der Waals surface area contributed by atoms with Crippen molar-refractivity contribution in [2.45, 2.75) is 38.6 Å². The van der Waals surface area contributed by atoms with Crippen molar-refractivity contribution in [1.82, 2.24) is 20.5 Å². The molecule has 29 heavy (non-hydrogen) atoms. The molecule has 148 valence electrons. The van der Waals surface area contributed by atoms with Gasteiger partial charge < -0.3 is 10.1 Å². The highest BCUT2D eigenvalue weighted by Gasteiger charge is 2.42. The number of carbonyl (C=O) groups is 1. The fourth-order valence-electron chi connectivity index (χ4n) is 4.19. The Morgan fingerprint density at radius 2 is 2.14 bits per heavy atom. The van der Waals surface area contributed by atoms with E-state index in [-0.39, 0.29) is 5.91 Å². The summed E-state index contributed by atoms with van der Waals surface area (Å²) in [5.41, 5.74) is 5.45. The van der Waals surface area contributed by atoms with Gasteiger partial charge in [-0.1, -0.05) is 6.08 Å². The molecular formula is C23H24N4O2. The number of nitrogens with zero attached hydrogens (tertiary/aromatic N) is 2. The molecule has 6 nitrogen and oxygen atoms in total. The molecule has 0 radical (unpaired) electrons. The maximum atomic E-state index is 12.6. The highest BCUT2D eigenvalue weighted by molar-refractivity contribution is 5.99. The van der Waals surface area contributed by atoms with Gasteiger partial charge in [0.15, 0.2) is 0 Å². The Balaban J connectivity index is 1.45. The number of aromatic nitrogens is 3. The highest BCUT2D eigenvalue weighted by Crippen LogP contribution is 2.56. The Bertz CT molecular complexity index is 1100. The van der Waals surface area contributed by atoms with Gasteiger partial charge in [0.05, 0.1) is 24.4 Å². The fourth-order valence-corrected chi connectivity index (χ4v) is 4.19. The molecule has 0 atom stereocenters. The van der Waals surface area contributed by atoms with E-state index in [1.807, 2.05) is 12.1 Å². The smallest absolute Gasteiger partial charge is 0.253 e. The zero-order chi connectivity index (χ0) is 19.8. The predicted octanol–water partition coefficient (Wildman–Crippen LogP) is 4.24. The quantitative estimate of drug-likeness (QED) is 0.685. The summed E-state index contributed by atoms with van der Waals surface area (Å²) in [5.74, 6) is 0.635. The van der Waals surface area contributed by atoms with Crippen molar-refractivity contribution in [3.63, 3.8) is 0 Å². The van der Waals surface area contributed by atoms with Crippen LogP contribution in [0.5, 0.6) is 5.75 Å². The Labute approximate surface area is 169 Å². The van der Waals surface area contributed by atoms with E-state index >= 15 is 0 Å². The third-order valence-electron chi connectivity index (χ3n) is 6.27. The number of rotatable bonds is 5. The van der Waals surface area contributed by atoms with Crippen LogP contribution >= 0.6 is 0 Å². The zero-order valence-corrected chi connectivity index (χ0v) is 16.5. The molecule has 2 aliphatic carbocycles. The molecule has 3 aromatic rings. The monoisotopic (exact) mass is 388 g/mol. The van der Waals surface area contributed by atoms with E-state index in [9.17, 15) is 4.79 Å². The maximum absolute atomic E-state index is 12.6. The van der Waals surface area contributed by atoms with E-state index in [1.54, 1.807) is 25.7 Å². The molecule has 2 heterocycles. The Kier molecular flexibility index (Phi) is 4.34. The summed E-state index contributed by atoms with van der Waals surface area (Å²) in [7, 11) is 1.67. The highest BCUT2D eigenvalue weighted by atomic mass is 16.5. The third kappa shape index (κ3) is 3.50. The Hall–Kier alpha value is -3.15. The molecule has 0 saturated heterocycles. The molecule has 0 bridgehead atoms. The average molecular weight is 388 g/mol. The normalized spacial score (nSPS) is 17.2. The van der Waals surface area contributed by atoms with Crippen LogP contribution < -0.4 is 10.1 Å². The van der Waals surface area contributed by atoms with Crippen molar-refractivity contribution < 1.29 is 9.53 Å². The number of hydrogen-bond acceptors (Lipinski definition) is 4. The molecule has 1 amide bonds. The molecule has 2 aliphatic rings. The second-order valence-electron chi connectivity index (χ2n) is 8.19. The van der Waals surface area contributed by atoms with Gasteiger partial charge in [-0.05, 0) is 61.3 Å². The number of ether oxygens (including phenoxy) is 1. The summed E-state index contributed by atoms with van der Waals surface area (Å²) in [6.07, 6.45) is 13.7. The summed E-state index contributed by atoms with van der Waals surface area (Å²) in [5, 5.41) is 10.5. The largest absolute Gasteiger partial charge is 0.497 e. The summed E-state index contributed by atoms with van der Waals surface area (Å²) < 4.78 is 5.54. The Morgan fingerprint density at radius 1 is 1.24 bits per heavy atom. The van der Waals surface area contributed by atoms with Crippen molar-refractivity contribution in [3.8, 4) is 5.75 Å². The van der Waals surface area contributed by atoms with Crippen molar-refractivity contribution in [2.24, 2.45) is 5.41 Å². The van der Waals surface area contributed by atoms with E-state index in [0.717, 1.165) is 40.6 Å². The van der Waals surface area contributed by atoms with Crippen LogP contribution in [0.3, 0.4) is 0 Å². The minimum absolute atomic E-state index is 0.155. The topological polar surface area (TPSA) is 79.9 Å². The van der Waals surface area contributed by atoms with Crippen LogP contribution in [0.15, 0.2) is 42.9 Å². The van der Waals surface area contributed by atoms with Gasteiger partial charge in [-0.15, -0.1) is 0 Å². The molecular weight excluding hydrogens is 364 g/mol. The number of amides is 1. The molecule has 2 N–H and O–H groups in total. The van der Waals surface area contributed by atoms with Gasteiger partial charge in [0.25, 0.3) is 5.91 Å². The van der Waals surface area contributed by atoms with Crippen LogP contribution in [0.2, 0.25) is 0 Å². The maximum Gasteiger partial charge on any atom is 0.253 e. The van der Waals surface area contributed by atoms with Crippen molar-refractivity contribution >= 4 is 22.4 Å². The van der Waals surface area contributed by atoms with Gasteiger partial charge in [-0.25, -0.2) is 0 Å². The minimum atomic E-state index is -0.155. The molecule has 1 aromatic carbocycles. The second-order valence-corrected chi connectivity index (χ2v) is 8.19. The number of hydrogen-bond donors (Lipinski definition) is 2. The standard InChI is InChI=1S/C23H24N4O2/c1-29-19-9-17-8-18(22(28)25-11-15-12-26-27-13-15)14-24-21(17)20(10-19)16-2-4-23(5-3-16)6-7-23/h2,8-10,12-14H,3-7,11H2,1H3,(H,25,28)(H,26,27). The van der Waals surface area contributed by atoms with E-state index in [1.165, 1.54) is 24.8 Å². The minimum Gasteiger partial charge on any atom is -0.497 e. The first-order chi connectivity index (χ1) is 14.2. The lowest BCUT2D eigenvalue weighted by Gasteiger charge is -2.22. The molecule has 0 aliphatic heterocycles. The van der Waals surface area contributed by atoms with Gasteiger partial charge in [0, 0.05) is 35.5 Å². The summed E-state index contributed by atoms with van der Waals surface area (Å²) >= 11 is 0. The van der Waals surface area contributed by atoms with Crippen molar-refractivity contribution in [2.75, 3.05) is 7.11 Å². The van der Waals surface area contributed by atoms with Gasteiger partial charge in [-0.2, -0.15) is 5.10 Å². The van der Waals surface area contributed by atoms with E-state index in [4.69, 9.17) is 4.74 Å². The predicted molar refractivity (Wildman–Crippen MR) is 112 cm³/mol. The lowest BCUT2D eigenvalue weighted by Crippen LogP contribution is -2.22. The second kappa shape index (κ2) is 7.03. The number of fused-ring (bicyclic) bond motifs is 1. The molecule has 5 rings (SSSR count). The third-order valence-corrected chi connectivity index (χ3v) is 6.27. The number of pyridine rings is 1. The van der Waals surface area contributed by atoms with Crippen LogP contribution in [-0.4, -0.2) is 28.2 Å². The van der Waals surface area contributed by atoms with E-state index in [0.29, 0.717) is 17.5 Å². The lowest BCUT2D eigenvalue weighted by atomic mass is 9.83. The van der Waals surface area contributed by atoms with Crippen LogP contribution in [0.4, 0.5) is 0 Å². The van der Waals surface area contributed by atoms with Crippen LogP contribution in [-0.2, 0) is 6.54 Å². The summed E-state index contributed by atoms with van der Waals surface area (Å²) in [6, 6.07) is 5.92. The first-order valence-electron chi connectivity index (χ1n) is 10.1. The summed E-state index contributed by atoms with van der Waals surface area (Å²) in [6.45, 7) is 0.422. The number of allylic oxidation sites excluding steroid dienone is 2. The lowest BCUT2D eigenvalue weighted by molar-refractivity contribution is 0.0950. The number of nitrogens with one attached hydrogen (secondary N) is 2. The molecule has 1 spiro atoms. The molecule has 0 unspecified atom stereocenters. The first kappa shape index (κ1) is 17.9. The van der Waals surface area contributed by atoms with Crippen molar-refractivity contribution in [3.05, 3.63) is 59.6 Å². The van der Waals surface area contributed by atoms with Crippen molar-refractivity contribution in [1.29, 1.82) is 0 Å². The molecule has 6 heteroatoms. The van der Waals surface area contributed by atoms with E-state index in [2.05, 4.69) is 32.6 Å². The van der Waals surface area contributed by atoms with E-state index < -0.39 is 0 Å². The summed E-state index contributed by atoms with van der Waals surface area (Å²) in [4.78, 5) is 17.3. The number of aromatic amines is 1. The fraction of sp³-hybridized carbons (Fsp3) is 0.348. The van der Waals surface area contributed by atoms with Gasteiger partial charge in [0.1, 0.15) is 5.75 Å². The van der Waals surface area contributed by atoms with Crippen LogP contribution in [0, 0.1) is 5.41 Å². The van der Waals surface area contributed by atoms with Crippen LogP contribution in [0.25, 0.3) is 16.5 Å². The number of methoxy groups -OCH3 is 1. The first-order valence-corrected chi connectivity index (χ1v) is 10.1. The average Bonchev–Trinajstić information content (AvgIpc) is 3.30. The number of carbonyl (C=O) groups excluding carboxylic acids is 1. The SMILES string of the molecule is COc1cc(C2=CCC3(CC2)CC3)c2ncc(C(=O)NCc3cn[nH]c3)cc2c1. The molecule has 1 fully saturated rings. The van der Waals surface area contributed by atoms with Gasteiger partial charge in [-0.3, -0.25) is 14.9 Å². The van der Waals surface area contributed by atoms with Crippen LogP contribution in [0.1, 0.15) is 53.6 Å². The van der Waals surface area contributed by atoms with Gasteiger partial charge in [0.2, 0.25) is 0 Å². The molecule has 1 saturated carbocycles. The number of benzene rings is 1. The number of H-pyrrole nitrogens is 1. The zero-order valence-electron chi connectivity index (χ0n) is 16.5. The molecule has 2 aromatic heterocycles. The van der Waals surface area contributed by atoms with Gasteiger partial charge >= 0.3 is 0 Å².